The number of nitrogens with zero attached hydrogens (tertiary/aromatic N) is 3. The van der Waals surface area contributed by atoms with Crippen LogP contribution in [0.4, 0.5) is 10.7 Å². The molecule has 2 aromatic rings. The minimum atomic E-state index is -0.549. The third-order valence-corrected chi connectivity index (χ3v) is 3.10. The lowest BCUT2D eigenvalue weighted by atomic mass is 10.3. The van der Waals surface area contributed by atoms with Crippen LogP contribution < -0.4 is 16.0 Å². The van der Waals surface area contributed by atoms with Gasteiger partial charge in [-0.3, -0.25) is 10.1 Å². The summed E-state index contributed by atoms with van der Waals surface area (Å²) < 4.78 is 9.04. The number of rotatable bonds is 5. The molecule has 0 fully saturated rings. The summed E-state index contributed by atoms with van der Waals surface area (Å²) in [6.45, 7) is -0.00276. The molecule has 0 atom stereocenters. The molecule has 0 saturated carbocycles. The number of hydrogen-bond donors (Lipinski definition) is 2. The zero-order valence-electron chi connectivity index (χ0n) is 9.37. The number of hydrogen-bond acceptors (Lipinski definition) is 8. The van der Waals surface area contributed by atoms with E-state index in [2.05, 4.69) is 15.0 Å². The Bertz CT molecular complexity index is 605. The van der Waals surface area contributed by atoms with Gasteiger partial charge < -0.3 is 10.2 Å². The van der Waals surface area contributed by atoms with Gasteiger partial charge in [-0.05, 0) is 6.07 Å². The lowest BCUT2D eigenvalue weighted by Crippen LogP contribution is -2.09. The van der Waals surface area contributed by atoms with Gasteiger partial charge >= 0.3 is 5.69 Å². The number of anilines is 1. The van der Waals surface area contributed by atoms with E-state index >= 15 is 0 Å². The van der Waals surface area contributed by atoms with Crippen LogP contribution in [0.3, 0.4) is 0 Å². The molecule has 1 heterocycles. The first-order chi connectivity index (χ1) is 9.11. The minimum Gasteiger partial charge on any atom is -0.480 e. The Kier molecular flexibility index (Phi) is 4.10. The number of nitrogen functional groups attached to an aromatic ring is 1. The van der Waals surface area contributed by atoms with E-state index in [4.69, 9.17) is 22.2 Å². The predicted octanol–water partition coefficient (Wildman–Crippen LogP) is 1.96. The van der Waals surface area contributed by atoms with E-state index in [9.17, 15) is 10.1 Å². The summed E-state index contributed by atoms with van der Waals surface area (Å²) in [5, 5.41) is 15.5. The minimum absolute atomic E-state index is 0.00276. The molecule has 1 aromatic heterocycles. The van der Waals surface area contributed by atoms with Gasteiger partial charge in [0.2, 0.25) is 0 Å². The quantitative estimate of drug-likeness (QED) is 0.492. The van der Waals surface area contributed by atoms with E-state index in [1.807, 2.05) is 0 Å². The molecule has 0 aliphatic heterocycles. The lowest BCUT2D eigenvalue weighted by molar-refractivity contribution is -0.385. The van der Waals surface area contributed by atoms with Crippen molar-refractivity contribution < 1.29 is 9.66 Å². The van der Waals surface area contributed by atoms with E-state index in [1.54, 1.807) is 0 Å². The Morgan fingerprint density at radius 3 is 3.05 bits per heavy atom. The number of nitro groups is 1. The second kappa shape index (κ2) is 5.78. The van der Waals surface area contributed by atoms with E-state index in [0.29, 0.717) is 15.7 Å². The number of ether oxygens (including phenoxy) is 1. The maximum Gasteiger partial charge on any atom is 0.311 e. The van der Waals surface area contributed by atoms with Gasteiger partial charge in [0.15, 0.2) is 10.8 Å². The highest BCUT2D eigenvalue weighted by Gasteiger charge is 2.17. The summed E-state index contributed by atoms with van der Waals surface area (Å²) >= 11 is 6.84. The molecule has 0 aliphatic rings. The molecule has 19 heavy (non-hydrogen) atoms. The molecule has 3 N–H and O–H groups in total. The van der Waals surface area contributed by atoms with Crippen LogP contribution in [0, 0.1) is 10.1 Å². The molecule has 10 heteroatoms. The predicted molar refractivity (Wildman–Crippen MR) is 70.2 cm³/mol. The molecule has 100 valence electrons. The summed E-state index contributed by atoms with van der Waals surface area (Å²) in [6.07, 6.45) is 0. The second-order valence-electron chi connectivity index (χ2n) is 3.35. The van der Waals surface area contributed by atoms with Crippen molar-refractivity contribution in [3.05, 3.63) is 39.0 Å². The number of nitro benzene ring substituents is 1. The average Bonchev–Trinajstić information content (AvgIpc) is 2.83. The number of benzene rings is 1. The SMILES string of the molecule is NNc1snnc1COc1cc(Cl)ccc1[N+](=O)[O-]. The van der Waals surface area contributed by atoms with Crippen LogP contribution in [0.15, 0.2) is 18.2 Å². The van der Waals surface area contributed by atoms with Gasteiger partial charge in [-0.2, -0.15) is 0 Å². The zero-order chi connectivity index (χ0) is 13.8. The number of nitrogens with one attached hydrogen (secondary N) is 1. The van der Waals surface area contributed by atoms with Crippen molar-refractivity contribution in [1.82, 2.24) is 9.59 Å². The van der Waals surface area contributed by atoms with Gasteiger partial charge in [0.05, 0.1) is 4.92 Å². The maximum absolute atomic E-state index is 10.8. The standard InChI is InChI=1S/C9H8ClN5O3S/c10-5-1-2-7(15(16)17)8(3-5)18-4-6-9(12-11)19-14-13-6/h1-3,12H,4,11H2. The van der Waals surface area contributed by atoms with Crippen LogP contribution in [0.5, 0.6) is 5.75 Å². The first-order valence-electron chi connectivity index (χ1n) is 4.96. The molecule has 1 aromatic carbocycles. The van der Waals surface area contributed by atoms with Gasteiger partial charge in [-0.15, -0.1) is 5.10 Å². The normalized spacial score (nSPS) is 10.2. The van der Waals surface area contributed by atoms with Crippen LogP contribution >= 0.6 is 23.1 Å². The molecule has 0 unspecified atom stereocenters. The highest BCUT2D eigenvalue weighted by molar-refractivity contribution is 7.10. The molecule has 0 spiro atoms. The van der Waals surface area contributed by atoms with Gasteiger partial charge in [0, 0.05) is 28.7 Å². The van der Waals surface area contributed by atoms with E-state index in [1.165, 1.54) is 18.2 Å². The largest absolute Gasteiger partial charge is 0.480 e. The fourth-order valence-electron chi connectivity index (χ4n) is 1.31. The summed E-state index contributed by atoms with van der Waals surface area (Å²) in [7, 11) is 0. The van der Waals surface area contributed by atoms with Crippen molar-refractivity contribution in [1.29, 1.82) is 0 Å². The van der Waals surface area contributed by atoms with E-state index in [-0.39, 0.29) is 18.0 Å². The fraction of sp³-hybridized carbons (Fsp3) is 0.111. The van der Waals surface area contributed by atoms with Crippen LogP contribution in [-0.4, -0.2) is 14.5 Å². The van der Waals surface area contributed by atoms with Crippen molar-refractivity contribution in [2.75, 3.05) is 5.43 Å². The second-order valence-corrected chi connectivity index (χ2v) is 4.54. The van der Waals surface area contributed by atoms with Gasteiger partial charge in [-0.1, -0.05) is 16.1 Å². The van der Waals surface area contributed by atoms with Crippen molar-refractivity contribution in [3.63, 3.8) is 0 Å². The highest BCUT2D eigenvalue weighted by Crippen LogP contribution is 2.31. The van der Waals surface area contributed by atoms with Gasteiger partial charge in [0.1, 0.15) is 12.3 Å². The molecule has 0 radical (unpaired) electrons. The first kappa shape index (κ1) is 13.5. The van der Waals surface area contributed by atoms with Crippen molar-refractivity contribution in [2.24, 2.45) is 5.84 Å². The molecule has 8 nitrogen and oxygen atoms in total. The fourth-order valence-corrected chi connectivity index (χ4v) is 1.95. The van der Waals surface area contributed by atoms with Crippen LogP contribution in [0.2, 0.25) is 5.02 Å². The smallest absolute Gasteiger partial charge is 0.311 e. The Balaban J connectivity index is 2.19. The Labute approximate surface area is 116 Å². The molecule has 0 saturated heterocycles. The molecule has 0 amide bonds. The molecular formula is C9H8ClN5O3S. The van der Waals surface area contributed by atoms with Crippen LogP contribution in [0.25, 0.3) is 0 Å². The highest BCUT2D eigenvalue weighted by atomic mass is 35.5. The molecular weight excluding hydrogens is 294 g/mol. The van der Waals surface area contributed by atoms with Crippen molar-refractivity contribution >= 4 is 33.8 Å². The van der Waals surface area contributed by atoms with Gasteiger partial charge in [-0.25, -0.2) is 5.84 Å². The molecule has 2 rings (SSSR count). The topological polar surface area (TPSA) is 116 Å². The summed E-state index contributed by atoms with van der Waals surface area (Å²) in [4.78, 5) is 10.3. The van der Waals surface area contributed by atoms with E-state index < -0.39 is 4.92 Å². The number of halogens is 1. The van der Waals surface area contributed by atoms with E-state index in [0.717, 1.165) is 11.5 Å². The van der Waals surface area contributed by atoms with Gasteiger partial charge in [0.25, 0.3) is 0 Å². The summed E-state index contributed by atoms with van der Waals surface area (Å²) in [6, 6.07) is 4.07. The molecule has 0 aliphatic carbocycles. The monoisotopic (exact) mass is 301 g/mol. The Morgan fingerprint density at radius 1 is 1.58 bits per heavy atom. The lowest BCUT2D eigenvalue weighted by Gasteiger charge is -2.06. The van der Waals surface area contributed by atoms with Crippen LogP contribution in [0.1, 0.15) is 5.69 Å². The number of nitrogens with two attached hydrogens (primary N) is 1. The Hall–Kier alpha value is -1.97. The average molecular weight is 302 g/mol. The van der Waals surface area contributed by atoms with Crippen molar-refractivity contribution in [2.45, 2.75) is 6.61 Å². The number of hydrazine groups is 1. The van der Waals surface area contributed by atoms with Crippen LogP contribution in [-0.2, 0) is 6.61 Å². The third kappa shape index (κ3) is 3.08. The Morgan fingerprint density at radius 2 is 2.37 bits per heavy atom. The summed E-state index contributed by atoms with van der Waals surface area (Å²) in [5.41, 5.74) is 2.70. The zero-order valence-corrected chi connectivity index (χ0v) is 10.9. The summed E-state index contributed by atoms with van der Waals surface area (Å²) in [5.74, 6) is 5.33. The maximum atomic E-state index is 10.8. The molecule has 0 bridgehead atoms. The first-order valence-corrected chi connectivity index (χ1v) is 6.11. The van der Waals surface area contributed by atoms with Crippen molar-refractivity contribution in [3.8, 4) is 5.75 Å². The third-order valence-electron chi connectivity index (χ3n) is 2.17. The number of aromatic nitrogens is 2.